The fraction of sp³-hybridized carbons (Fsp3) is 0.500. The fourth-order valence-corrected chi connectivity index (χ4v) is 1.47. The van der Waals surface area contributed by atoms with E-state index in [0.717, 1.165) is 6.54 Å². The first kappa shape index (κ1) is 11.2. The first-order chi connectivity index (χ1) is 4.75. The van der Waals surface area contributed by atoms with Gasteiger partial charge in [-0.1, -0.05) is 0 Å². The molecule has 3 nitrogen and oxygen atoms in total. The maximum atomic E-state index is 4.10. The average Bonchev–Trinajstić information content (AvgIpc) is 2.20. The highest BCUT2D eigenvalue weighted by Gasteiger charge is 2.02. The van der Waals surface area contributed by atoms with Gasteiger partial charge in [0.1, 0.15) is 0 Å². The molecule has 0 saturated carbocycles. The van der Waals surface area contributed by atoms with Crippen molar-refractivity contribution in [1.82, 2.24) is 15.1 Å². The number of nitrogens with zero attached hydrogens (tertiary/aromatic N) is 2. The summed E-state index contributed by atoms with van der Waals surface area (Å²) in [6.07, 6.45) is 1.87. The zero-order chi connectivity index (χ0) is 7.56. The van der Waals surface area contributed by atoms with Crippen molar-refractivity contribution in [3.8, 4) is 0 Å². The molecule has 0 atom stereocenters. The summed E-state index contributed by atoms with van der Waals surface area (Å²) in [5.74, 6) is 0. The molecule has 1 heterocycles. The molecule has 1 rings (SSSR count). The van der Waals surface area contributed by atoms with E-state index in [0.29, 0.717) is 0 Å². The first-order valence-corrected chi connectivity index (χ1v) is 4.14. The van der Waals surface area contributed by atoms with Crippen LogP contribution in [0.4, 0.5) is 0 Å². The second-order valence-corrected chi connectivity index (χ2v) is 3.26. The molecule has 1 aromatic rings. The van der Waals surface area contributed by atoms with Crippen LogP contribution in [0.1, 0.15) is 5.69 Å². The summed E-state index contributed by atoms with van der Waals surface area (Å²) >= 11 is 2.28. The summed E-state index contributed by atoms with van der Waals surface area (Å²) in [7, 11) is 3.89. The van der Waals surface area contributed by atoms with Gasteiger partial charge in [0.2, 0.25) is 0 Å². The van der Waals surface area contributed by atoms with Crippen LogP contribution >= 0.6 is 35.0 Å². The van der Waals surface area contributed by atoms with Crippen molar-refractivity contribution in [1.29, 1.82) is 0 Å². The molecule has 0 radical (unpaired) electrons. The van der Waals surface area contributed by atoms with Crippen LogP contribution in [0.5, 0.6) is 0 Å². The van der Waals surface area contributed by atoms with Crippen molar-refractivity contribution in [3.05, 3.63) is 15.5 Å². The minimum Gasteiger partial charge on any atom is -0.314 e. The van der Waals surface area contributed by atoms with Crippen LogP contribution in [-0.2, 0) is 13.6 Å². The minimum atomic E-state index is 0. The summed E-state index contributed by atoms with van der Waals surface area (Å²) in [6.45, 7) is 0.884. The fourth-order valence-electron chi connectivity index (χ4n) is 0.802. The van der Waals surface area contributed by atoms with Crippen LogP contribution in [0.25, 0.3) is 0 Å². The Labute approximate surface area is 86.1 Å². The Kier molecular flexibility index (Phi) is 5.03. The van der Waals surface area contributed by atoms with Crippen molar-refractivity contribution in [2.24, 2.45) is 7.05 Å². The molecule has 64 valence electrons. The minimum absolute atomic E-state index is 0. The molecule has 0 unspecified atom stereocenters. The van der Waals surface area contributed by atoms with Gasteiger partial charge in [-0.2, -0.15) is 5.10 Å². The number of aryl methyl sites for hydroxylation is 1. The molecule has 5 heteroatoms. The number of nitrogens with one attached hydrogen (secondary N) is 1. The quantitative estimate of drug-likeness (QED) is 0.828. The van der Waals surface area contributed by atoms with E-state index in [1.54, 1.807) is 0 Å². The van der Waals surface area contributed by atoms with Gasteiger partial charge in [0, 0.05) is 13.6 Å². The molecule has 0 aliphatic rings. The third-order valence-corrected chi connectivity index (χ3v) is 2.26. The highest BCUT2D eigenvalue weighted by Crippen LogP contribution is 2.08. The van der Waals surface area contributed by atoms with Crippen LogP contribution in [0.3, 0.4) is 0 Å². The predicted octanol–water partition coefficient (Wildman–Crippen LogP) is 1.17. The summed E-state index contributed by atoms with van der Waals surface area (Å²) in [6, 6.07) is 0. The van der Waals surface area contributed by atoms with E-state index in [1.165, 1.54) is 9.26 Å². The zero-order valence-corrected chi connectivity index (χ0v) is 9.44. The lowest BCUT2D eigenvalue weighted by atomic mass is 10.4. The van der Waals surface area contributed by atoms with E-state index in [9.17, 15) is 0 Å². The van der Waals surface area contributed by atoms with Gasteiger partial charge >= 0.3 is 0 Å². The molecule has 0 saturated heterocycles. The van der Waals surface area contributed by atoms with Crippen LogP contribution < -0.4 is 5.32 Å². The lowest BCUT2D eigenvalue weighted by Crippen LogP contribution is -2.10. The van der Waals surface area contributed by atoms with Crippen molar-refractivity contribution in [2.45, 2.75) is 6.54 Å². The largest absolute Gasteiger partial charge is 0.314 e. The van der Waals surface area contributed by atoms with Gasteiger partial charge in [0.05, 0.1) is 15.5 Å². The first-order valence-electron chi connectivity index (χ1n) is 3.06. The van der Waals surface area contributed by atoms with E-state index in [1.807, 2.05) is 25.0 Å². The zero-order valence-electron chi connectivity index (χ0n) is 6.47. The maximum absolute atomic E-state index is 4.10. The van der Waals surface area contributed by atoms with Gasteiger partial charge in [-0.25, -0.2) is 0 Å². The van der Waals surface area contributed by atoms with Gasteiger partial charge in [-0.15, -0.1) is 12.4 Å². The second kappa shape index (κ2) is 4.95. The van der Waals surface area contributed by atoms with E-state index < -0.39 is 0 Å². The van der Waals surface area contributed by atoms with Crippen LogP contribution in [0, 0.1) is 3.57 Å². The van der Waals surface area contributed by atoms with E-state index in [-0.39, 0.29) is 12.4 Å². The van der Waals surface area contributed by atoms with Crippen molar-refractivity contribution in [3.63, 3.8) is 0 Å². The van der Waals surface area contributed by atoms with E-state index in [4.69, 9.17) is 0 Å². The molecule has 0 aliphatic carbocycles. The average molecular weight is 288 g/mol. The monoisotopic (exact) mass is 287 g/mol. The highest BCUT2D eigenvalue weighted by atomic mass is 127. The Balaban J connectivity index is 0.000001000. The number of hydrogen-bond donors (Lipinski definition) is 1. The van der Waals surface area contributed by atoms with Gasteiger partial charge in [0.15, 0.2) is 0 Å². The van der Waals surface area contributed by atoms with Crippen LogP contribution in [0.15, 0.2) is 6.20 Å². The summed E-state index contributed by atoms with van der Waals surface area (Å²) in [5.41, 5.74) is 1.24. The van der Waals surface area contributed by atoms with Crippen molar-refractivity contribution < 1.29 is 0 Å². The Hall–Kier alpha value is 0.190. The molecular weight excluding hydrogens is 276 g/mol. The highest BCUT2D eigenvalue weighted by molar-refractivity contribution is 14.1. The number of rotatable bonds is 2. The smallest absolute Gasteiger partial charge is 0.0652 e. The van der Waals surface area contributed by atoms with E-state index >= 15 is 0 Å². The summed E-state index contributed by atoms with van der Waals surface area (Å²) in [4.78, 5) is 0. The molecule has 0 aliphatic heterocycles. The van der Waals surface area contributed by atoms with Gasteiger partial charge in [-0.05, 0) is 29.6 Å². The molecule has 0 spiro atoms. The molecule has 0 amide bonds. The van der Waals surface area contributed by atoms with Gasteiger partial charge in [0.25, 0.3) is 0 Å². The molecule has 1 N–H and O–H groups in total. The molecular formula is C6H11ClIN3. The van der Waals surface area contributed by atoms with Crippen molar-refractivity contribution in [2.75, 3.05) is 7.05 Å². The normalized spacial score (nSPS) is 9.36. The Morgan fingerprint density at radius 2 is 2.36 bits per heavy atom. The summed E-state index contributed by atoms with van der Waals surface area (Å²) < 4.78 is 3.10. The molecule has 11 heavy (non-hydrogen) atoms. The van der Waals surface area contributed by atoms with Crippen molar-refractivity contribution >= 4 is 35.0 Å². The van der Waals surface area contributed by atoms with Crippen LogP contribution in [-0.4, -0.2) is 16.8 Å². The Morgan fingerprint density at radius 1 is 1.73 bits per heavy atom. The van der Waals surface area contributed by atoms with Crippen LogP contribution in [0.2, 0.25) is 0 Å². The molecule has 0 bridgehead atoms. The number of hydrogen-bond acceptors (Lipinski definition) is 2. The topological polar surface area (TPSA) is 29.9 Å². The lowest BCUT2D eigenvalue weighted by Gasteiger charge is -1.99. The van der Waals surface area contributed by atoms with E-state index in [2.05, 4.69) is 33.0 Å². The second-order valence-electron chi connectivity index (χ2n) is 2.09. The number of halogens is 2. The Morgan fingerprint density at radius 3 is 2.73 bits per heavy atom. The maximum Gasteiger partial charge on any atom is 0.0652 e. The summed E-state index contributed by atoms with van der Waals surface area (Å²) in [5, 5.41) is 7.19. The van der Waals surface area contributed by atoms with Gasteiger partial charge < -0.3 is 5.32 Å². The molecule has 1 aromatic heterocycles. The Bertz CT molecular complexity index is 204. The lowest BCUT2D eigenvalue weighted by molar-refractivity contribution is 0.670. The number of aromatic nitrogens is 2. The standard InChI is InChI=1S/C6H10IN3.ClH/c1-8-4-6-5(7)3-9-10(6)2;/h3,8H,4H2,1-2H3;1H. The third-order valence-electron chi connectivity index (χ3n) is 1.35. The van der Waals surface area contributed by atoms with Gasteiger partial charge in [-0.3, -0.25) is 4.68 Å². The predicted molar refractivity (Wildman–Crippen MR) is 55.9 cm³/mol. The third kappa shape index (κ3) is 2.61. The molecule has 0 aromatic carbocycles. The molecule has 0 fully saturated rings. The SMILES string of the molecule is CNCc1c(I)cnn1C.Cl.